The van der Waals surface area contributed by atoms with E-state index in [0.717, 1.165) is 0 Å². The second-order valence-electron chi connectivity index (χ2n) is 0.952. The lowest BCUT2D eigenvalue weighted by molar-refractivity contribution is 1.65. The van der Waals surface area contributed by atoms with Crippen LogP contribution >= 0.6 is 0 Å². The molecule has 1 heterocycles. The predicted molar refractivity (Wildman–Crippen MR) is 26.2 cm³/mol. The molecule has 0 aliphatic carbocycles. The van der Waals surface area contributed by atoms with Crippen LogP contribution in [-0.4, -0.2) is 15.4 Å². The summed E-state index contributed by atoms with van der Waals surface area (Å²) in [4.78, 5) is 3.84. The van der Waals surface area contributed by atoms with E-state index in [1.54, 1.807) is 0 Å². The Balaban J connectivity index is 2.61. The van der Waals surface area contributed by atoms with Gasteiger partial charge in [-0.3, -0.25) is 4.99 Å². The SMILES string of the molecule is C1=C[SiH2]C=N1. The lowest BCUT2D eigenvalue weighted by Crippen LogP contribution is -1.74. The van der Waals surface area contributed by atoms with Crippen molar-refractivity contribution in [2.45, 2.75) is 0 Å². The van der Waals surface area contributed by atoms with Crippen LogP contribution in [0, 0.1) is 0 Å². The fourth-order valence-corrected chi connectivity index (χ4v) is 0.913. The first kappa shape index (κ1) is 2.84. The van der Waals surface area contributed by atoms with Gasteiger partial charge in [0.05, 0.1) is 9.52 Å². The molecule has 0 radical (unpaired) electrons. The Morgan fingerprint density at radius 1 is 1.60 bits per heavy atom. The molecule has 1 aliphatic heterocycles. The van der Waals surface area contributed by atoms with Gasteiger partial charge in [0.1, 0.15) is 0 Å². The molecular weight excluding hydrogens is 78.1 g/mol. The summed E-state index contributed by atoms with van der Waals surface area (Å²) in [5, 5.41) is 0. The summed E-state index contributed by atoms with van der Waals surface area (Å²) in [6.45, 7) is 0. The highest BCUT2D eigenvalue weighted by Gasteiger charge is 1.75. The summed E-state index contributed by atoms with van der Waals surface area (Å²) in [6.07, 6.45) is 1.87. The lowest BCUT2D eigenvalue weighted by atomic mass is 11.1. The third kappa shape index (κ3) is 0.448. The Kier molecular flexibility index (Phi) is 0.665. The van der Waals surface area contributed by atoms with Crippen LogP contribution in [0.3, 0.4) is 0 Å². The van der Waals surface area contributed by atoms with Gasteiger partial charge in [0, 0.05) is 6.20 Å². The quantitative estimate of drug-likeness (QED) is 0.356. The third-order valence-electron chi connectivity index (χ3n) is 0.538. The first-order valence-electron chi connectivity index (χ1n) is 1.67. The van der Waals surface area contributed by atoms with Crippen molar-refractivity contribution in [2.75, 3.05) is 0 Å². The molecule has 5 heavy (non-hydrogen) atoms. The molecule has 0 atom stereocenters. The molecule has 1 rings (SSSR count). The Morgan fingerprint density at radius 2 is 2.60 bits per heavy atom. The standard InChI is InChI=1S/C3H5NSi/c1-2-5-3-4-1/h1-3H,5H2. The lowest BCUT2D eigenvalue weighted by Gasteiger charge is -1.52. The van der Waals surface area contributed by atoms with E-state index in [2.05, 4.69) is 10.7 Å². The van der Waals surface area contributed by atoms with E-state index in [9.17, 15) is 0 Å². The van der Waals surface area contributed by atoms with E-state index < -0.39 is 0 Å². The van der Waals surface area contributed by atoms with E-state index in [4.69, 9.17) is 0 Å². The molecule has 2 heteroatoms. The van der Waals surface area contributed by atoms with Crippen LogP contribution in [0.4, 0.5) is 0 Å². The van der Waals surface area contributed by atoms with Crippen molar-refractivity contribution >= 4 is 15.4 Å². The van der Waals surface area contributed by atoms with Crippen LogP contribution in [-0.2, 0) is 0 Å². The number of hydrogen-bond donors (Lipinski definition) is 0. The molecule has 1 aliphatic rings. The van der Waals surface area contributed by atoms with Crippen molar-refractivity contribution in [3.05, 3.63) is 11.9 Å². The molecule has 26 valence electrons. The van der Waals surface area contributed by atoms with Crippen molar-refractivity contribution < 1.29 is 0 Å². The van der Waals surface area contributed by atoms with E-state index in [0.29, 0.717) is 0 Å². The van der Waals surface area contributed by atoms with Gasteiger partial charge in [0.15, 0.2) is 0 Å². The van der Waals surface area contributed by atoms with Crippen molar-refractivity contribution in [1.82, 2.24) is 0 Å². The van der Waals surface area contributed by atoms with Gasteiger partial charge >= 0.3 is 0 Å². The Labute approximate surface area is 33.2 Å². The van der Waals surface area contributed by atoms with Gasteiger partial charge in [-0.05, 0) is 5.84 Å². The Hall–Kier alpha value is -0.373. The highest BCUT2D eigenvalue weighted by Crippen LogP contribution is 1.76. The molecule has 0 saturated carbocycles. The molecule has 0 aromatic rings. The largest absolute Gasteiger partial charge is 0.275 e. The maximum atomic E-state index is 3.84. The molecule has 0 saturated heterocycles. The summed E-state index contributed by atoms with van der Waals surface area (Å²) in [6, 6.07) is 0. The fraction of sp³-hybridized carbons (Fsp3) is 0. The zero-order chi connectivity index (χ0) is 3.54. The van der Waals surface area contributed by atoms with E-state index in [-0.39, 0.29) is 9.52 Å². The summed E-state index contributed by atoms with van der Waals surface area (Å²) < 4.78 is 0. The average Bonchev–Trinajstić information content (AvgIpc) is 1.76. The molecule has 0 aromatic carbocycles. The topological polar surface area (TPSA) is 12.4 Å². The normalized spacial score (nSPS) is 22.4. The average molecular weight is 83.2 g/mol. The maximum absolute atomic E-state index is 3.84. The van der Waals surface area contributed by atoms with Gasteiger partial charge in [0.25, 0.3) is 0 Å². The van der Waals surface area contributed by atoms with Crippen molar-refractivity contribution in [2.24, 2.45) is 4.99 Å². The first-order chi connectivity index (χ1) is 2.50. The predicted octanol–water partition coefficient (Wildman–Crippen LogP) is -0.332. The zero-order valence-corrected chi connectivity index (χ0v) is 4.30. The monoisotopic (exact) mass is 83.0 g/mol. The van der Waals surface area contributed by atoms with Crippen LogP contribution in [0.2, 0.25) is 0 Å². The molecule has 0 unspecified atom stereocenters. The van der Waals surface area contributed by atoms with Crippen molar-refractivity contribution in [3.63, 3.8) is 0 Å². The van der Waals surface area contributed by atoms with E-state index in [1.807, 2.05) is 12.0 Å². The van der Waals surface area contributed by atoms with Crippen LogP contribution < -0.4 is 0 Å². The molecule has 0 N–H and O–H groups in total. The highest BCUT2D eigenvalue weighted by molar-refractivity contribution is 6.73. The smallest absolute Gasteiger partial charge is 0.0942 e. The fourth-order valence-electron chi connectivity index (χ4n) is 0.304. The third-order valence-corrected chi connectivity index (χ3v) is 1.44. The van der Waals surface area contributed by atoms with Crippen LogP contribution in [0.25, 0.3) is 0 Å². The minimum absolute atomic E-state index is 0.0710. The van der Waals surface area contributed by atoms with Crippen LogP contribution in [0.1, 0.15) is 0 Å². The summed E-state index contributed by atoms with van der Waals surface area (Å²) in [7, 11) is 0.0710. The Morgan fingerprint density at radius 3 is 2.80 bits per heavy atom. The minimum atomic E-state index is 0.0710. The molecule has 0 aromatic heterocycles. The number of aliphatic imine (C=N–C) groups is 1. The second-order valence-corrected chi connectivity index (χ2v) is 2.26. The molecule has 0 fully saturated rings. The van der Waals surface area contributed by atoms with Gasteiger partial charge in [-0.1, -0.05) is 5.70 Å². The van der Waals surface area contributed by atoms with E-state index in [1.165, 1.54) is 0 Å². The zero-order valence-electron chi connectivity index (χ0n) is 2.89. The minimum Gasteiger partial charge on any atom is -0.275 e. The van der Waals surface area contributed by atoms with Gasteiger partial charge in [-0.15, -0.1) is 0 Å². The first-order valence-corrected chi connectivity index (χ1v) is 3.30. The van der Waals surface area contributed by atoms with Gasteiger partial charge < -0.3 is 0 Å². The van der Waals surface area contributed by atoms with Crippen LogP contribution in [0.5, 0.6) is 0 Å². The van der Waals surface area contributed by atoms with Gasteiger partial charge in [-0.25, -0.2) is 0 Å². The summed E-state index contributed by atoms with van der Waals surface area (Å²) >= 11 is 0. The number of rotatable bonds is 0. The maximum Gasteiger partial charge on any atom is 0.0942 e. The summed E-state index contributed by atoms with van der Waals surface area (Å²) in [5.41, 5.74) is 2.15. The second kappa shape index (κ2) is 1.17. The Bertz CT molecular complexity index is 65.0. The van der Waals surface area contributed by atoms with Crippen molar-refractivity contribution in [3.8, 4) is 0 Å². The highest BCUT2D eigenvalue weighted by atomic mass is 28.2. The van der Waals surface area contributed by atoms with Gasteiger partial charge in [-0.2, -0.15) is 0 Å². The number of hydrogen-bond acceptors (Lipinski definition) is 1. The van der Waals surface area contributed by atoms with E-state index >= 15 is 0 Å². The van der Waals surface area contributed by atoms with Crippen molar-refractivity contribution in [1.29, 1.82) is 0 Å². The molecule has 0 bridgehead atoms. The van der Waals surface area contributed by atoms with Gasteiger partial charge in [0.2, 0.25) is 0 Å². The molecular formula is C3H5NSi. The molecule has 0 amide bonds. The molecule has 1 nitrogen and oxygen atoms in total. The number of nitrogens with zero attached hydrogens (tertiary/aromatic N) is 1. The van der Waals surface area contributed by atoms with Crippen LogP contribution in [0.15, 0.2) is 16.9 Å². The summed E-state index contributed by atoms with van der Waals surface area (Å²) in [5.74, 6) is 2.01. The molecule has 0 spiro atoms.